The molecule has 2 amide bonds. The third-order valence-electron chi connectivity index (χ3n) is 8.70. The van der Waals surface area contributed by atoms with E-state index in [0.717, 1.165) is 48.3 Å². The van der Waals surface area contributed by atoms with Gasteiger partial charge in [0, 0.05) is 24.6 Å². The number of carbonyl (C=O) groups excluding carboxylic acids is 2. The van der Waals surface area contributed by atoms with Crippen LogP contribution in [0.1, 0.15) is 47.9 Å². The summed E-state index contributed by atoms with van der Waals surface area (Å²) in [5.74, 6) is -2.10. The standard InChI is InChI=1S/C37H36ClF4N3O4S/c1-25-15-18-30(19-16-25)50(48,49)45(29-17-20-32(38)31(22-29)37(40,41)42)24-35(46)44(23-27-11-5-8-14-33(27)39)34(21-26-9-3-2-4-10-26)36(47)43-28-12-6-7-13-28/h2-5,8-11,14-20,22,28,34H,6-7,12-13,21,23-24H2,1H3,(H,43,47)/t34-/m1/s1. The van der Waals surface area contributed by atoms with Crippen LogP contribution in [0.5, 0.6) is 0 Å². The van der Waals surface area contributed by atoms with Gasteiger partial charge in [-0.25, -0.2) is 12.8 Å². The number of nitrogens with one attached hydrogen (secondary N) is 1. The van der Waals surface area contributed by atoms with Crippen LogP contribution >= 0.6 is 11.6 Å². The van der Waals surface area contributed by atoms with Gasteiger partial charge < -0.3 is 10.2 Å². The summed E-state index contributed by atoms with van der Waals surface area (Å²) in [4.78, 5) is 29.4. The lowest BCUT2D eigenvalue weighted by atomic mass is 10.0. The number of halogens is 5. The number of benzene rings is 4. The molecule has 0 saturated heterocycles. The molecule has 0 bridgehead atoms. The van der Waals surface area contributed by atoms with Gasteiger partial charge in [-0.3, -0.25) is 13.9 Å². The summed E-state index contributed by atoms with van der Waals surface area (Å²) in [7, 11) is -4.68. The van der Waals surface area contributed by atoms with E-state index in [1.165, 1.54) is 42.5 Å². The van der Waals surface area contributed by atoms with Crippen LogP contribution in [0.15, 0.2) is 102 Å². The predicted molar refractivity (Wildman–Crippen MR) is 183 cm³/mol. The number of alkyl halides is 3. The molecular formula is C37H36ClF4N3O4S. The molecule has 0 heterocycles. The van der Waals surface area contributed by atoms with Gasteiger partial charge in [-0.05, 0) is 61.7 Å². The molecule has 5 rings (SSSR count). The smallest absolute Gasteiger partial charge is 0.352 e. The summed E-state index contributed by atoms with van der Waals surface area (Å²) in [6.45, 7) is 0.302. The summed E-state index contributed by atoms with van der Waals surface area (Å²) in [6.07, 6.45) is -1.62. The van der Waals surface area contributed by atoms with Crippen LogP contribution < -0.4 is 9.62 Å². The molecule has 264 valence electrons. The van der Waals surface area contributed by atoms with Gasteiger partial charge in [-0.1, -0.05) is 90.7 Å². The third-order valence-corrected chi connectivity index (χ3v) is 10.8. The van der Waals surface area contributed by atoms with Crippen LogP contribution in [0.4, 0.5) is 23.2 Å². The molecule has 50 heavy (non-hydrogen) atoms. The fourth-order valence-electron chi connectivity index (χ4n) is 5.98. The topological polar surface area (TPSA) is 86.8 Å². The van der Waals surface area contributed by atoms with Crippen molar-refractivity contribution in [3.8, 4) is 0 Å². The van der Waals surface area contributed by atoms with Crippen LogP contribution in [-0.2, 0) is 38.8 Å². The molecule has 1 N–H and O–H groups in total. The minimum absolute atomic E-state index is 0.00344. The minimum atomic E-state index is -4.94. The Morgan fingerprint density at radius 1 is 0.920 bits per heavy atom. The first-order chi connectivity index (χ1) is 23.7. The van der Waals surface area contributed by atoms with Crippen molar-refractivity contribution in [2.24, 2.45) is 0 Å². The molecule has 0 aliphatic heterocycles. The molecule has 1 atom stereocenters. The molecule has 4 aromatic rings. The highest BCUT2D eigenvalue weighted by Gasteiger charge is 2.38. The summed E-state index contributed by atoms with van der Waals surface area (Å²) < 4.78 is 86.0. The van der Waals surface area contributed by atoms with Crippen molar-refractivity contribution >= 4 is 39.1 Å². The second-order valence-electron chi connectivity index (χ2n) is 12.3. The van der Waals surface area contributed by atoms with E-state index in [0.29, 0.717) is 15.9 Å². The average Bonchev–Trinajstić information content (AvgIpc) is 3.59. The number of amides is 2. The normalized spacial score (nSPS) is 14.3. The van der Waals surface area contributed by atoms with E-state index >= 15 is 4.39 Å². The first-order valence-corrected chi connectivity index (χ1v) is 17.9. The molecule has 7 nitrogen and oxygen atoms in total. The molecule has 13 heteroatoms. The lowest BCUT2D eigenvalue weighted by molar-refractivity contribution is -0.140. The number of hydrogen-bond acceptors (Lipinski definition) is 4. The van der Waals surface area contributed by atoms with Crippen LogP contribution in [0.3, 0.4) is 0 Å². The highest BCUT2D eigenvalue weighted by molar-refractivity contribution is 7.92. The molecule has 1 aliphatic rings. The minimum Gasteiger partial charge on any atom is -0.352 e. The SMILES string of the molecule is Cc1ccc(S(=O)(=O)N(CC(=O)N(Cc2ccccc2F)[C@H](Cc2ccccc2)C(=O)NC2CCCC2)c2ccc(Cl)c(C(F)(F)F)c2)cc1. The van der Waals surface area contributed by atoms with Crippen molar-refractivity contribution in [3.63, 3.8) is 0 Å². The molecule has 0 radical (unpaired) electrons. The predicted octanol–water partition coefficient (Wildman–Crippen LogP) is 7.70. The first-order valence-electron chi connectivity index (χ1n) is 16.1. The van der Waals surface area contributed by atoms with E-state index in [1.807, 2.05) is 0 Å². The zero-order chi connectivity index (χ0) is 36.1. The van der Waals surface area contributed by atoms with Crippen molar-refractivity contribution in [1.29, 1.82) is 0 Å². The lowest BCUT2D eigenvalue weighted by Gasteiger charge is -2.34. The number of rotatable bonds is 12. The van der Waals surface area contributed by atoms with Gasteiger partial charge in [0.2, 0.25) is 11.8 Å². The summed E-state index contributed by atoms with van der Waals surface area (Å²) in [5, 5.41) is 2.35. The van der Waals surface area contributed by atoms with Gasteiger partial charge in [-0.2, -0.15) is 13.2 Å². The Bertz CT molecular complexity index is 1920. The fraction of sp³-hybridized carbons (Fsp3) is 0.297. The Hall–Kier alpha value is -4.42. The zero-order valence-corrected chi connectivity index (χ0v) is 28.7. The highest BCUT2D eigenvalue weighted by atomic mass is 35.5. The second kappa shape index (κ2) is 15.6. The number of aryl methyl sites for hydroxylation is 1. The van der Waals surface area contributed by atoms with Crippen LogP contribution in [-0.4, -0.2) is 43.8 Å². The van der Waals surface area contributed by atoms with Gasteiger partial charge >= 0.3 is 6.18 Å². The molecule has 0 unspecified atom stereocenters. The van der Waals surface area contributed by atoms with Gasteiger partial charge in [-0.15, -0.1) is 0 Å². The Labute approximate surface area is 293 Å². The Morgan fingerprint density at radius 3 is 2.20 bits per heavy atom. The van der Waals surface area contributed by atoms with Crippen molar-refractivity contribution in [2.45, 2.75) is 68.7 Å². The lowest BCUT2D eigenvalue weighted by Crippen LogP contribution is -2.54. The number of anilines is 1. The van der Waals surface area contributed by atoms with Gasteiger partial charge in [0.25, 0.3) is 10.0 Å². The maximum atomic E-state index is 15.1. The summed E-state index contributed by atoms with van der Waals surface area (Å²) >= 11 is 5.88. The average molecular weight is 730 g/mol. The molecule has 0 aromatic heterocycles. The molecule has 1 fully saturated rings. The van der Waals surface area contributed by atoms with Gasteiger partial charge in [0.05, 0.1) is 21.2 Å². The zero-order valence-electron chi connectivity index (χ0n) is 27.2. The molecular weight excluding hydrogens is 694 g/mol. The molecule has 1 aliphatic carbocycles. The maximum Gasteiger partial charge on any atom is 0.417 e. The molecule has 1 saturated carbocycles. The van der Waals surface area contributed by atoms with Crippen LogP contribution in [0, 0.1) is 12.7 Å². The van der Waals surface area contributed by atoms with Crippen molar-refractivity contribution in [3.05, 3.63) is 130 Å². The highest BCUT2D eigenvalue weighted by Crippen LogP contribution is 2.38. The van der Waals surface area contributed by atoms with E-state index < -0.39 is 69.2 Å². The molecule has 0 spiro atoms. The number of nitrogens with zero attached hydrogens (tertiary/aromatic N) is 2. The van der Waals surface area contributed by atoms with Gasteiger partial charge in [0.1, 0.15) is 18.4 Å². The number of carbonyl (C=O) groups is 2. The second-order valence-corrected chi connectivity index (χ2v) is 14.6. The van der Waals surface area contributed by atoms with Gasteiger partial charge in [0.15, 0.2) is 0 Å². The Balaban J connectivity index is 1.62. The number of sulfonamides is 1. The third kappa shape index (κ3) is 8.83. The van der Waals surface area contributed by atoms with E-state index in [1.54, 1.807) is 43.3 Å². The van der Waals surface area contributed by atoms with Crippen LogP contribution in [0.25, 0.3) is 0 Å². The largest absolute Gasteiger partial charge is 0.417 e. The number of hydrogen-bond donors (Lipinski definition) is 1. The van der Waals surface area contributed by atoms with Crippen molar-refractivity contribution in [2.75, 3.05) is 10.8 Å². The summed E-state index contributed by atoms with van der Waals surface area (Å²) in [6, 6.07) is 21.3. The Morgan fingerprint density at radius 2 is 1.56 bits per heavy atom. The quantitative estimate of drug-likeness (QED) is 0.152. The van der Waals surface area contributed by atoms with E-state index in [9.17, 15) is 31.2 Å². The maximum absolute atomic E-state index is 15.1. The van der Waals surface area contributed by atoms with E-state index in [4.69, 9.17) is 11.6 Å². The molecule has 4 aromatic carbocycles. The monoisotopic (exact) mass is 729 g/mol. The van der Waals surface area contributed by atoms with E-state index in [2.05, 4.69) is 5.32 Å². The summed E-state index contributed by atoms with van der Waals surface area (Å²) in [5.41, 5.74) is -0.301. The van der Waals surface area contributed by atoms with E-state index in [-0.39, 0.29) is 22.9 Å². The van der Waals surface area contributed by atoms with Crippen molar-refractivity contribution < 1.29 is 35.6 Å². The van der Waals surface area contributed by atoms with Crippen molar-refractivity contribution in [1.82, 2.24) is 10.2 Å². The van der Waals surface area contributed by atoms with Crippen LogP contribution in [0.2, 0.25) is 5.02 Å². The Kier molecular flexibility index (Phi) is 11.5. The first kappa shape index (κ1) is 36.9. The fourth-order valence-corrected chi connectivity index (χ4v) is 7.61.